The summed E-state index contributed by atoms with van der Waals surface area (Å²) >= 11 is 0. The summed E-state index contributed by atoms with van der Waals surface area (Å²) in [5, 5.41) is 0.863. The van der Waals surface area contributed by atoms with E-state index in [-0.39, 0.29) is 17.4 Å². The average Bonchev–Trinajstić information content (AvgIpc) is 3.04. The number of hydrogen-bond donors (Lipinski definition) is 0. The first kappa shape index (κ1) is 20.3. The topological polar surface area (TPSA) is 77.7 Å². The summed E-state index contributed by atoms with van der Waals surface area (Å²) < 4.78 is 36.7. The molecule has 0 bridgehead atoms. The molecule has 6 nitrogen and oxygen atoms in total. The van der Waals surface area contributed by atoms with E-state index in [4.69, 9.17) is 4.74 Å². The van der Waals surface area contributed by atoms with Crippen molar-refractivity contribution in [2.45, 2.75) is 51.7 Å². The van der Waals surface area contributed by atoms with Gasteiger partial charge in [-0.2, -0.15) is 12.8 Å². The van der Waals surface area contributed by atoms with Crippen LogP contribution in [0.25, 0.3) is 10.9 Å². The first-order valence-electron chi connectivity index (χ1n) is 9.74. The Morgan fingerprint density at radius 3 is 2.50 bits per heavy atom. The van der Waals surface area contributed by atoms with Gasteiger partial charge in [0.1, 0.15) is 12.1 Å². The number of carbonyl (C=O) groups excluding carboxylic acids is 1. The highest BCUT2D eigenvalue weighted by Gasteiger charge is 2.32. The number of ether oxygens (including phenoxy) is 1. The van der Waals surface area contributed by atoms with Crippen LogP contribution in [0.5, 0.6) is 0 Å². The third-order valence-corrected chi connectivity index (χ3v) is 6.39. The lowest BCUT2D eigenvalue weighted by atomic mass is 9.99. The van der Waals surface area contributed by atoms with E-state index in [0.29, 0.717) is 11.3 Å². The van der Waals surface area contributed by atoms with Crippen molar-refractivity contribution >= 4 is 32.6 Å². The van der Waals surface area contributed by atoms with Crippen LogP contribution < -0.4 is 0 Å². The van der Waals surface area contributed by atoms with E-state index in [9.17, 15) is 13.2 Å². The minimum Gasteiger partial charge on any atom is -0.459 e. The molecule has 0 radical (unpaired) electrons. The van der Waals surface area contributed by atoms with Crippen molar-refractivity contribution in [3.8, 4) is 0 Å². The van der Waals surface area contributed by atoms with E-state index in [1.165, 1.54) is 0 Å². The quantitative estimate of drug-likeness (QED) is 0.592. The maximum absolute atomic E-state index is 12.6. The standard InChI is InChI=1S/C23H24N2O4S/c1-14-10-11-18-17(12-14)21(15(2)25(18)13-20(26)29-23(3,4)5)22-16-8-6-7-9-19(16)30(27,28)24-22/h6-12H,13H2,1-5H3. The van der Waals surface area contributed by atoms with Crippen molar-refractivity contribution in [3.05, 3.63) is 64.8 Å². The number of aromatic nitrogens is 1. The average molecular weight is 425 g/mol. The van der Waals surface area contributed by atoms with E-state index >= 15 is 0 Å². The SMILES string of the molecule is Cc1ccc2c(c1)c(C1=NS(=O)(=O)c3ccccc31)c(C)n2CC(=O)OC(C)(C)C. The fraction of sp³-hybridized carbons (Fsp3) is 0.304. The Kier molecular flexibility index (Phi) is 4.62. The highest BCUT2D eigenvalue weighted by molar-refractivity contribution is 7.90. The van der Waals surface area contributed by atoms with Gasteiger partial charge in [0.15, 0.2) is 0 Å². The number of rotatable bonds is 3. The van der Waals surface area contributed by atoms with Crippen molar-refractivity contribution in [2.75, 3.05) is 0 Å². The Hall–Kier alpha value is -2.93. The first-order chi connectivity index (χ1) is 14.0. The van der Waals surface area contributed by atoms with Crippen molar-refractivity contribution in [1.29, 1.82) is 0 Å². The number of hydrogen-bond acceptors (Lipinski definition) is 4. The third kappa shape index (κ3) is 3.43. The lowest BCUT2D eigenvalue weighted by Crippen LogP contribution is -2.26. The summed E-state index contributed by atoms with van der Waals surface area (Å²) in [7, 11) is -3.75. The lowest BCUT2D eigenvalue weighted by Gasteiger charge is -2.20. The second kappa shape index (κ2) is 6.80. The van der Waals surface area contributed by atoms with Crippen LogP contribution in [-0.4, -0.2) is 30.3 Å². The molecule has 2 aromatic carbocycles. The summed E-state index contributed by atoms with van der Waals surface area (Å²) in [6.07, 6.45) is 0. The predicted octanol–water partition coefficient (Wildman–Crippen LogP) is 4.14. The van der Waals surface area contributed by atoms with E-state index in [1.807, 2.05) is 57.4 Å². The molecule has 0 amide bonds. The highest BCUT2D eigenvalue weighted by Crippen LogP contribution is 2.35. The Bertz CT molecular complexity index is 1330. The van der Waals surface area contributed by atoms with Gasteiger partial charge in [0.05, 0.1) is 10.6 Å². The van der Waals surface area contributed by atoms with E-state index in [2.05, 4.69) is 4.40 Å². The molecule has 7 heteroatoms. The number of sulfonamides is 1. The fourth-order valence-corrected chi connectivity index (χ4v) is 5.11. The highest BCUT2D eigenvalue weighted by atomic mass is 32.2. The minimum absolute atomic E-state index is 0.0321. The molecule has 4 rings (SSSR count). The van der Waals surface area contributed by atoms with Crippen LogP contribution in [0.2, 0.25) is 0 Å². The van der Waals surface area contributed by atoms with Crippen molar-refractivity contribution in [2.24, 2.45) is 4.40 Å². The van der Waals surface area contributed by atoms with Crippen LogP contribution in [0.4, 0.5) is 0 Å². The maximum Gasteiger partial charge on any atom is 0.326 e. The Morgan fingerprint density at radius 2 is 1.80 bits per heavy atom. The summed E-state index contributed by atoms with van der Waals surface area (Å²) in [6, 6.07) is 12.7. The molecule has 156 valence electrons. The van der Waals surface area contributed by atoms with E-state index in [1.54, 1.807) is 24.3 Å². The molecule has 1 aromatic heterocycles. The van der Waals surface area contributed by atoms with Crippen LogP contribution in [0.1, 0.15) is 43.2 Å². The molecule has 0 saturated heterocycles. The molecule has 1 aliphatic heterocycles. The lowest BCUT2D eigenvalue weighted by molar-refractivity contribution is -0.155. The monoisotopic (exact) mass is 424 g/mol. The van der Waals surface area contributed by atoms with Gasteiger partial charge in [-0.05, 0) is 52.8 Å². The molecule has 1 aliphatic rings. The summed E-state index contributed by atoms with van der Waals surface area (Å²) in [6.45, 7) is 9.38. The molecule has 0 aliphatic carbocycles. The molecule has 0 spiro atoms. The van der Waals surface area contributed by atoms with Crippen molar-refractivity contribution in [3.63, 3.8) is 0 Å². The number of fused-ring (bicyclic) bond motifs is 2. The van der Waals surface area contributed by atoms with Gasteiger partial charge < -0.3 is 9.30 Å². The zero-order valence-electron chi connectivity index (χ0n) is 17.7. The van der Waals surface area contributed by atoms with Gasteiger partial charge in [-0.15, -0.1) is 0 Å². The van der Waals surface area contributed by atoms with Crippen LogP contribution in [-0.2, 0) is 26.1 Å². The maximum atomic E-state index is 12.6. The molecule has 0 atom stereocenters. The van der Waals surface area contributed by atoms with E-state index < -0.39 is 15.6 Å². The fourth-order valence-electron chi connectivity index (χ4n) is 3.89. The first-order valence-corrected chi connectivity index (χ1v) is 11.2. The number of benzene rings is 2. The predicted molar refractivity (Wildman–Crippen MR) is 117 cm³/mol. The molecular weight excluding hydrogens is 400 g/mol. The van der Waals surface area contributed by atoms with Crippen LogP contribution in [0, 0.1) is 13.8 Å². The Morgan fingerprint density at radius 1 is 1.10 bits per heavy atom. The van der Waals surface area contributed by atoms with Crippen LogP contribution in [0.15, 0.2) is 51.8 Å². The third-order valence-electron chi connectivity index (χ3n) is 5.05. The zero-order valence-corrected chi connectivity index (χ0v) is 18.5. The van der Waals surface area contributed by atoms with Crippen molar-refractivity contribution in [1.82, 2.24) is 4.57 Å². The molecular formula is C23H24N2O4S. The smallest absolute Gasteiger partial charge is 0.326 e. The number of aryl methyl sites for hydroxylation is 1. The Labute approximate surface area is 176 Å². The van der Waals surface area contributed by atoms with Gasteiger partial charge in [0.25, 0.3) is 10.0 Å². The van der Waals surface area contributed by atoms with Crippen LogP contribution in [0.3, 0.4) is 0 Å². The molecule has 3 aromatic rings. The summed E-state index contributed by atoms with van der Waals surface area (Å²) in [5.41, 5.74) is 3.78. The normalized spacial score (nSPS) is 15.2. The summed E-state index contributed by atoms with van der Waals surface area (Å²) in [5.74, 6) is -0.351. The number of nitrogens with zero attached hydrogens (tertiary/aromatic N) is 2. The van der Waals surface area contributed by atoms with Gasteiger partial charge in [0.2, 0.25) is 0 Å². The van der Waals surface area contributed by atoms with Gasteiger partial charge in [-0.25, -0.2) is 0 Å². The minimum atomic E-state index is -3.75. The van der Waals surface area contributed by atoms with Gasteiger partial charge >= 0.3 is 5.97 Å². The number of carbonyl (C=O) groups is 1. The van der Waals surface area contributed by atoms with Gasteiger partial charge in [-0.1, -0.05) is 29.8 Å². The van der Waals surface area contributed by atoms with E-state index in [0.717, 1.165) is 27.7 Å². The molecule has 2 heterocycles. The van der Waals surface area contributed by atoms with Gasteiger partial charge in [0, 0.05) is 27.7 Å². The zero-order chi connectivity index (χ0) is 21.8. The Balaban J connectivity index is 1.93. The second-order valence-corrected chi connectivity index (χ2v) is 10.1. The molecule has 30 heavy (non-hydrogen) atoms. The van der Waals surface area contributed by atoms with Gasteiger partial charge in [-0.3, -0.25) is 4.79 Å². The van der Waals surface area contributed by atoms with Crippen molar-refractivity contribution < 1.29 is 17.9 Å². The molecule has 0 saturated carbocycles. The largest absolute Gasteiger partial charge is 0.459 e. The summed E-state index contributed by atoms with van der Waals surface area (Å²) in [4.78, 5) is 12.8. The second-order valence-electron chi connectivity index (χ2n) is 8.56. The molecule has 0 unspecified atom stereocenters. The molecule has 0 N–H and O–H groups in total. The number of esters is 1. The molecule has 0 fully saturated rings. The van der Waals surface area contributed by atoms with Crippen LogP contribution >= 0.6 is 0 Å².